The van der Waals surface area contributed by atoms with Gasteiger partial charge in [0, 0.05) is 0 Å². The summed E-state index contributed by atoms with van der Waals surface area (Å²) in [7, 11) is 0. The van der Waals surface area contributed by atoms with E-state index in [4.69, 9.17) is 0 Å². The number of hydrogen-bond donors (Lipinski definition) is 0. The molecule has 8 atom stereocenters. The van der Waals surface area contributed by atoms with Crippen LogP contribution in [-0.4, -0.2) is 0 Å². The van der Waals surface area contributed by atoms with Gasteiger partial charge in [-0.15, -0.1) is 0 Å². The average molecular weight is 377 g/mol. The highest BCUT2D eigenvalue weighted by Gasteiger charge is 2.44. The van der Waals surface area contributed by atoms with Crippen LogP contribution in [0.1, 0.15) is 114 Å². The first-order chi connectivity index (χ1) is 12.4. The van der Waals surface area contributed by atoms with Crippen LogP contribution in [-0.2, 0) is 0 Å². The molecule has 0 aromatic rings. The van der Waals surface area contributed by atoms with E-state index in [0.717, 1.165) is 47.3 Å². The van der Waals surface area contributed by atoms with Crippen LogP contribution in [0.4, 0.5) is 0 Å². The Labute approximate surface area is 172 Å². The molecule has 0 heterocycles. The number of rotatable bonds is 4. The van der Waals surface area contributed by atoms with Gasteiger partial charge in [-0.25, -0.2) is 0 Å². The molecule has 0 saturated heterocycles. The third-order valence-corrected chi connectivity index (χ3v) is 9.19. The monoisotopic (exact) mass is 376 g/mol. The van der Waals surface area contributed by atoms with Gasteiger partial charge in [-0.2, -0.15) is 0 Å². The molecule has 0 heteroatoms. The van der Waals surface area contributed by atoms with Crippen molar-refractivity contribution in [2.75, 3.05) is 0 Å². The zero-order valence-corrected chi connectivity index (χ0v) is 20.6. The SMILES string of the molecule is CCC1CC(CC2CC(CC)CC(C(C)(C)C)C2C)C(C)C(C(C)(C)C)C1. The van der Waals surface area contributed by atoms with Crippen LogP contribution >= 0.6 is 0 Å². The Morgan fingerprint density at radius 1 is 0.593 bits per heavy atom. The maximum absolute atomic E-state index is 2.61. The predicted molar refractivity (Wildman–Crippen MR) is 122 cm³/mol. The summed E-state index contributed by atoms with van der Waals surface area (Å²) in [6.45, 7) is 25.1. The Hall–Kier alpha value is 0. The summed E-state index contributed by atoms with van der Waals surface area (Å²) in [6, 6.07) is 0. The fourth-order valence-corrected chi connectivity index (χ4v) is 7.24. The highest BCUT2D eigenvalue weighted by Crippen LogP contribution is 2.53. The first-order valence-corrected chi connectivity index (χ1v) is 12.4. The van der Waals surface area contributed by atoms with E-state index in [9.17, 15) is 0 Å². The Morgan fingerprint density at radius 2 is 0.926 bits per heavy atom. The van der Waals surface area contributed by atoms with Gasteiger partial charge in [0.25, 0.3) is 0 Å². The van der Waals surface area contributed by atoms with Crippen molar-refractivity contribution in [2.45, 2.75) is 114 Å². The summed E-state index contributed by atoms with van der Waals surface area (Å²) in [5.41, 5.74) is 0.924. The molecule has 8 unspecified atom stereocenters. The van der Waals surface area contributed by atoms with Crippen molar-refractivity contribution in [1.29, 1.82) is 0 Å². The van der Waals surface area contributed by atoms with Gasteiger partial charge in [-0.05, 0) is 90.3 Å². The molecule has 0 bridgehead atoms. The van der Waals surface area contributed by atoms with Crippen LogP contribution < -0.4 is 0 Å². The van der Waals surface area contributed by atoms with Crippen molar-refractivity contribution >= 4 is 0 Å². The first kappa shape index (κ1) is 23.3. The Balaban J connectivity index is 2.18. The summed E-state index contributed by atoms with van der Waals surface area (Å²) in [6.07, 6.45) is 10.2. The van der Waals surface area contributed by atoms with E-state index in [1.54, 1.807) is 0 Å². The van der Waals surface area contributed by atoms with Gasteiger partial charge in [0.05, 0.1) is 0 Å². The molecule has 2 fully saturated rings. The summed E-state index contributed by atoms with van der Waals surface area (Å²) in [5.74, 6) is 7.45. The van der Waals surface area contributed by atoms with Crippen molar-refractivity contribution in [3.05, 3.63) is 0 Å². The molecule has 0 aromatic carbocycles. The largest absolute Gasteiger partial charge is 0.0651 e. The molecule has 0 spiro atoms. The van der Waals surface area contributed by atoms with Crippen LogP contribution in [0.15, 0.2) is 0 Å². The lowest BCUT2D eigenvalue weighted by atomic mass is 9.55. The second kappa shape index (κ2) is 8.79. The minimum Gasteiger partial charge on any atom is -0.0651 e. The molecule has 2 aliphatic carbocycles. The average Bonchev–Trinajstić information content (AvgIpc) is 2.56. The van der Waals surface area contributed by atoms with Gasteiger partial charge in [-0.1, -0.05) is 82.1 Å². The summed E-state index contributed by atoms with van der Waals surface area (Å²) in [5, 5.41) is 0. The van der Waals surface area contributed by atoms with Gasteiger partial charge in [-0.3, -0.25) is 0 Å². The van der Waals surface area contributed by atoms with E-state index in [1.807, 2.05) is 0 Å². The molecule has 0 N–H and O–H groups in total. The zero-order chi connectivity index (χ0) is 20.6. The molecular weight excluding hydrogens is 324 g/mol. The van der Waals surface area contributed by atoms with Gasteiger partial charge >= 0.3 is 0 Å². The Bertz CT molecular complexity index is 406. The molecule has 2 rings (SSSR count). The predicted octanol–water partition coefficient (Wildman–Crippen LogP) is 8.85. The molecule has 27 heavy (non-hydrogen) atoms. The van der Waals surface area contributed by atoms with Crippen LogP contribution in [0.2, 0.25) is 0 Å². The Morgan fingerprint density at radius 3 is 1.19 bits per heavy atom. The Kier molecular flexibility index (Phi) is 7.58. The quantitative estimate of drug-likeness (QED) is 0.459. The zero-order valence-electron chi connectivity index (χ0n) is 20.6. The van der Waals surface area contributed by atoms with Crippen molar-refractivity contribution in [3.63, 3.8) is 0 Å². The molecule has 0 amide bonds. The smallest absolute Gasteiger partial charge is 0.0334 e. The van der Waals surface area contributed by atoms with E-state index in [-0.39, 0.29) is 0 Å². The highest BCUT2D eigenvalue weighted by molar-refractivity contribution is 4.94. The third-order valence-electron chi connectivity index (χ3n) is 9.19. The molecule has 2 saturated carbocycles. The lowest BCUT2D eigenvalue weighted by molar-refractivity contribution is -0.00876. The molecule has 2 aliphatic rings. The maximum Gasteiger partial charge on any atom is -0.0334 e. The van der Waals surface area contributed by atoms with Gasteiger partial charge in [0.2, 0.25) is 0 Å². The summed E-state index contributed by atoms with van der Waals surface area (Å²) >= 11 is 0. The van der Waals surface area contributed by atoms with Gasteiger partial charge in [0.1, 0.15) is 0 Å². The van der Waals surface area contributed by atoms with Crippen LogP contribution in [0.5, 0.6) is 0 Å². The van der Waals surface area contributed by atoms with Crippen molar-refractivity contribution in [2.24, 2.45) is 58.2 Å². The van der Waals surface area contributed by atoms with Gasteiger partial charge < -0.3 is 0 Å². The molecule has 160 valence electrons. The van der Waals surface area contributed by atoms with E-state index in [2.05, 4.69) is 69.2 Å². The minimum atomic E-state index is 0.462. The fourth-order valence-electron chi connectivity index (χ4n) is 7.24. The second-order valence-corrected chi connectivity index (χ2v) is 12.9. The fraction of sp³-hybridized carbons (Fsp3) is 1.00. The van der Waals surface area contributed by atoms with Crippen molar-refractivity contribution in [3.8, 4) is 0 Å². The molecule has 0 aliphatic heterocycles. The minimum absolute atomic E-state index is 0.462. The highest BCUT2D eigenvalue weighted by atomic mass is 14.5. The van der Waals surface area contributed by atoms with E-state index in [1.165, 1.54) is 44.9 Å². The molecule has 0 nitrogen and oxygen atoms in total. The summed E-state index contributed by atoms with van der Waals surface area (Å²) in [4.78, 5) is 0. The van der Waals surface area contributed by atoms with Crippen LogP contribution in [0.25, 0.3) is 0 Å². The normalized spacial score (nSPS) is 41.6. The molecular formula is C27H52. The lowest BCUT2D eigenvalue weighted by Crippen LogP contribution is -2.42. The van der Waals surface area contributed by atoms with E-state index < -0.39 is 0 Å². The number of hydrogen-bond acceptors (Lipinski definition) is 0. The standard InChI is InChI=1S/C27H52/c1-11-20-13-22(18(3)24(15-20)26(5,6)7)17-23-14-21(12-2)16-25(19(23)4)27(8,9)10/h18-25H,11-17H2,1-10H3. The maximum atomic E-state index is 2.61. The molecule has 0 aromatic heterocycles. The van der Waals surface area contributed by atoms with E-state index >= 15 is 0 Å². The van der Waals surface area contributed by atoms with E-state index in [0.29, 0.717) is 10.8 Å². The van der Waals surface area contributed by atoms with Crippen molar-refractivity contribution < 1.29 is 0 Å². The molecule has 0 radical (unpaired) electrons. The van der Waals surface area contributed by atoms with Crippen LogP contribution in [0.3, 0.4) is 0 Å². The van der Waals surface area contributed by atoms with Gasteiger partial charge in [0.15, 0.2) is 0 Å². The van der Waals surface area contributed by atoms with Crippen molar-refractivity contribution in [1.82, 2.24) is 0 Å². The first-order valence-electron chi connectivity index (χ1n) is 12.4. The lowest BCUT2D eigenvalue weighted by Gasteiger charge is -2.50. The topological polar surface area (TPSA) is 0 Å². The third kappa shape index (κ3) is 5.54. The summed E-state index contributed by atoms with van der Waals surface area (Å²) < 4.78 is 0. The van der Waals surface area contributed by atoms with Crippen LogP contribution in [0, 0.1) is 58.2 Å². The second-order valence-electron chi connectivity index (χ2n) is 12.9.